The highest BCUT2D eigenvalue weighted by Crippen LogP contribution is 2.33. The van der Waals surface area contributed by atoms with Crippen LogP contribution in [0.25, 0.3) is 11.0 Å². The maximum atomic E-state index is 12.6. The third-order valence-electron chi connectivity index (χ3n) is 5.97. The molecule has 1 aliphatic heterocycles. The second-order valence-electron chi connectivity index (χ2n) is 8.69. The van der Waals surface area contributed by atoms with E-state index in [1.165, 1.54) is 23.3 Å². The van der Waals surface area contributed by atoms with Crippen LogP contribution in [0.2, 0.25) is 0 Å². The number of piperazine rings is 1. The number of nitrogens with zero attached hydrogens (tertiary/aromatic N) is 1. The molecular weight excluding hydrogens is 382 g/mol. The van der Waals surface area contributed by atoms with Crippen molar-refractivity contribution in [1.29, 1.82) is 0 Å². The fraction of sp³-hybridized carbons (Fsp3) is 0.565. The van der Waals surface area contributed by atoms with Gasteiger partial charge in [0.2, 0.25) is 0 Å². The largest absolute Gasteiger partial charge is 0.484 e. The van der Waals surface area contributed by atoms with Gasteiger partial charge in [-0.1, -0.05) is 0 Å². The molecule has 4 rings (SSSR count). The van der Waals surface area contributed by atoms with Crippen LogP contribution in [0.4, 0.5) is 0 Å². The van der Waals surface area contributed by atoms with Crippen LogP contribution in [-0.2, 0) is 22.4 Å². The fourth-order valence-electron chi connectivity index (χ4n) is 4.42. The normalized spacial score (nSPS) is 17.2. The molecule has 0 radical (unpaired) electrons. The van der Waals surface area contributed by atoms with Crippen molar-refractivity contribution in [3.8, 4) is 5.75 Å². The summed E-state index contributed by atoms with van der Waals surface area (Å²) in [4.78, 5) is 27.6. The highest BCUT2D eigenvalue weighted by atomic mass is 16.5. The summed E-state index contributed by atoms with van der Waals surface area (Å²) < 4.78 is 11.8. The number of nitrogens with one attached hydrogen (secondary N) is 2. The second kappa shape index (κ2) is 9.08. The molecule has 0 unspecified atom stereocenters. The van der Waals surface area contributed by atoms with Crippen LogP contribution in [-0.4, -0.2) is 62.1 Å². The van der Waals surface area contributed by atoms with Crippen molar-refractivity contribution >= 4 is 22.8 Å². The molecule has 0 saturated carbocycles. The molecule has 1 aliphatic carbocycles. The summed E-state index contributed by atoms with van der Waals surface area (Å²) >= 11 is 0. The molecule has 1 aromatic carbocycles. The van der Waals surface area contributed by atoms with Gasteiger partial charge in [-0.05, 0) is 51.3 Å². The number of hydrogen-bond donors (Lipinski definition) is 2. The summed E-state index contributed by atoms with van der Waals surface area (Å²) in [6.45, 7) is 7.29. The lowest BCUT2D eigenvalue weighted by molar-refractivity contribution is -0.896. The van der Waals surface area contributed by atoms with Gasteiger partial charge in [0.05, 0.1) is 26.2 Å². The highest BCUT2D eigenvalue weighted by molar-refractivity contribution is 5.84. The molecule has 0 atom stereocenters. The van der Waals surface area contributed by atoms with Crippen LogP contribution in [0.15, 0.2) is 22.6 Å². The topological polar surface area (TPSA) is 76.2 Å². The van der Waals surface area contributed by atoms with Gasteiger partial charge >= 0.3 is 0 Å². The van der Waals surface area contributed by atoms with Gasteiger partial charge in [0.25, 0.3) is 11.8 Å². The summed E-state index contributed by atoms with van der Waals surface area (Å²) in [7, 11) is 0. The molecule has 7 heteroatoms. The Morgan fingerprint density at radius 3 is 2.73 bits per heavy atom. The number of carbonyl (C=O) groups is 2. The van der Waals surface area contributed by atoms with Crippen molar-refractivity contribution in [3.05, 3.63) is 29.5 Å². The first-order chi connectivity index (χ1) is 14.5. The van der Waals surface area contributed by atoms with Gasteiger partial charge in [-0.25, -0.2) is 0 Å². The van der Waals surface area contributed by atoms with Crippen LogP contribution in [0.5, 0.6) is 5.75 Å². The summed E-state index contributed by atoms with van der Waals surface area (Å²) in [5, 5.41) is 4.04. The van der Waals surface area contributed by atoms with Crippen LogP contribution in [0.3, 0.4) is 0 Å². The van der Waals surface area contributed by atoms with E-state index in [9.17, 15) is 9.59 Å². The summed E-state index contributed by atoms with van der Waals surface area (Å²) in [5.41, 5.74) is 2.20. The number of fused-ring (bicyclic) bond motifs is 3. The SMILES string of the molecule is CC(C)NC(=O)C[NH+]1CCN(C(=O)COc2ccc3oc4c(c3c2)CCCC4)CC1. The molecule has 0 spiro atoms. The van der Waals surface area contributed by atoms with Gasteiger partial charge in [-0.2, -0.15) is 0 Å². The minimum absolute atomic E-state index is 0.00463. The van der Waals surface area contributed by atoms with Gasteiger partial charge in [0.15, 0.2) is 13.2 Å². The van der Waals surface area contributed by atoms with Gasteiger partial charge in [0.1, 0.15) is 17.1 Å². The van der Waals surface area contributed by atoms with Gasteiger partial charge in [0, 0.05) is 23.4 Å². The zero-order valence-corrected chi connectivity index (χ0v) is 18.0. The smallest absolute Gasteiger partial charge is 0.275 e. The Morgan fingerprint density at radius 2 is 1.97 bits per heavy atom. The predicted octanol–water partition coefficient (Wildman–Crippen LogP) is 0.942. The van der Waals surface area contributed by atoms with Gasteiger partial charge in [-0.15, -0.1) is 0 Å². The summed E-state index contributed by atoms with van der Waals surface area (Å²) in [5.74, 6) is 1.88. The number of rotatable bonds is 6. The predicted molar refractivity (Wildman–Crippen MR) is 114 cm³/mol. The zero-order chi connectivity index (χ0) is 21.1. The van der Waals surface area contributed by atoms with E-state index in [4.69, 9.17) is 9.15 Å². The molecule has 2 aromatic rings. The summed E-state index contributed by atoms with van der Waals surface area (Å²) in [6, 6.07) is 5.98. The van der Waals surface area contributed by atoms with Crippen molar-refractivity contribution in [1.82, 2.24) is 10.2 Å². The standard InChI is InChI=1S/C23H31N3O4/c1-16(2)24-22(27)14-25-9-11-26(12-10-25)23(28)15-29-17-7-8-21-19(13-17)18-5-3-4-6-20(18)30-21/h7-8,13,16H,3-6,9-12,14-15H2,1-2H3,(H,24,27)/p+1. The Labute approximate surface area is 177 Å². The quantitative estimate of drug-likeness (QED) is 0.738. The van der Waals surface area contributed by atoms with Gasteiger partial charge < -0.3 is 24.3 Å². The van der Waals surface area contributed by atoms with Crippen molar-refractivity contribution in [2.75, 3.05) is 39.3 Å². The van der Waals surface area contributed by atoms with E-state index in [0.717, 1.165) is 42.7 Å². The third kappa shape index (κ3) is 4.78. The molecule has 2 aliphatic rings. The Balaban J connectivity index is 1.27. The first-order valence-corrected chi connectivity index (χ1v) is 11.1. The molecule has 1 fully saturated rings. The Hall–Kier alpha value is -2.54. The average molecular weight is 415 g/mol. The van der Waals surface area contributed by atoms with Crippen molar-refractivity contribution < 1.29 is 23.6 Å². The number of quaternary nitrogens is 1. The third-order valence-corrected chi connectivity index (χ3v) is 5.97. The van der Waals surface area contributed by atoms with Gasteiger partial charge in [-0.3, -0.25) is 9.59 Å². The van der Waals surface area contributed by atoms with Crippen molar-refractivity contribution in [3.63, 3.8) is 0 Å². The second-order valence-corrected chi connectivity index (χ2v) is 8.69. The number of furan rings is 1. The van der Waals surface area contributed by atoms with E-state index >= 15 is 0 Å². The van der Waals surface area contributed by atoms with E-state index in [1.807, 2.05) is 36.9 Å². The van der Waals surface area contributed by atoms with Crippen LogP contribution < -0.4 is 15.0 Å². The van der Waals surface area contributed by atoms with Crippen LogP contribution >= 0.6 is 0 Å². The van der Waals surface area contributed by atoms with Crippen molar-refractivity contribution in [2.24, 2.45) is 0 Å². The molecule has 30 heavy (non-hydrogen) atoms. The number of carbonyl (C=O) groups excluding carboxylic acids is 2. The monoisotopic (exact) mass is 414 g/mol. The maximum absolute atomic E-state index is 12.6. The summed E-state index contributed by atoms with van der Waals surface area (Å²) in [6.07, 6.45) is 4.43. The van der Waals surface area contributed by atoms with Crippen LogP contribution in [0, 0.1) is 0 Å². The molecule has 2 heterocycles. The van der Waals surface area contributed by atoms with E-state index in [2.05, 4.69) is 5.32 Å². The Morgan fingerprint density at radius 1 is 1.20 bits per heavy atom. The lowest BCUT2D eigenvalue weighted by atomic mass is 9.96. The maximum Gasteiger partial charge on any atom is 0.275 e. The lowest BCUT2D eigenvalue weighted by Gasteiger charge is -2.32. The number of benzene rings is 1. The molecule has 1 aromatic heterocycles. The lowest BCUT2D eigenvalue weighted by Crippen LogP contribution is -3.16. The van der Waals surface area contributed by atoms with Crippen LogP contribution in [0.1, 0.15) is 38.0 Å². The molecule has 2 N–H and O–H groups in total. The Bertz CT molecular complexity index is 913. The average Bonchev–Trinajstić information content (AvgIpc) is 3.10. The molecular formula is C23H32N3O4+. The number of hydrogen-bond acceptors (Lipinski definition) is 4. The van der Waals surface area contributed by atoms with E-state index in [1.54, 1.807) is 0 Å². The molecule has 162 valence electrons. The molecule has 1 saturated heterocycles. The Kier molecular flexibility index (Phi) is 6.27. The van der Waals surface area contributed by atoms with E-state index < -0.39 is 0 Å². The highest BCUT2D eigenvalue weighted by Gasteiger charge is 2.25. The first-order valence-electron chi connectivity index (χ1n) is 11.1. The number of aryl methyl sites for hydroxylation is 2. The fourth-order valence-corrected chi connectivity index (χ4v) is 4.42. The minimum Gasteiger partial charge on any atom is -0.484 e. The molecule has 0 bridgehead atoms. The van der Waals surface area contributed by atoms with Crippen molar-refractivity contribution in [2.45, 2.75) is 45.6 Å². The first kappa shape index (κ1) is 20.7. The van der Waals surface area contributed by atoms with E-state index in [-0.39, 0.29) is 24.5 Å². The number of ether oxygens (including phenoxy) is 1. The number of amides is 2. The zero-order valence-electron chi connectivity index (χ0n) is 18.0. The van der Waals surface area contributed by atoms with E-state index in [0.29, 0.717) is 25.4 Å². The molecule has 7 nitrogen and oxygen atoms in total. The molecule has 2 amide bonds. The minimum atomic E-state index is -0.00463.